The van der Waals surface area contributed by atoms with Crippen molar-refractivity contribution in [3.05, 3.63) is 52.2 Å². The summed E-state index contributed by atoms with van der Waals surface area (Å²) in [6, 6.07) is 5.31. The summed E-state index contributed by atoms with van der Waals surface area (Å²) in [6.45, 7) is 0. The minimum atomic E-state index is -0.661. The maximum atomic E-state index is 12.5. The smallest absolute Gasteiger partial charge is 0.275 e. The molecule has 0 aliphatic carbocycles. The van der Waals surface area contributed by atoms with Crippen LogP contribution in [0.1, 0.15) is 0 Å². The van der Waals surface area contributed by atoms with Gasteiger partial charge in [-0.15, -0.1) is 0 Å². The van der Waals surface area contributed by atoms with Gasteiger partial charge in [-0.3, -0.25) is 10.1 Å². The molecule has 0 fully saturated rings. The van der Waals surface area contributed by atoms with Crippen LogP contribution in [0, 0.1) is 15.9 Å². The second-order valence-corrected chi connectivity index (χ2v) is 2.60. The second kappa shape index (κ2) is 4.91. The molecule has 0 spiro atoms. The number of nitrogens with zero attached hydrogens (tertiary/aromatic N) is 1. The Kier molecular flexibility index (Phi) is 3.58. The first-order chi connectivity index (χ1) is 7.11. The summed E-state index contributed by atoms with van der Waals surface area (Å²) < 4.78 is 12.5. The standard InChI is InChI=1S/C8H9FN4O2/c9-6-1-3-7(4-2-6)11-8(12-10)5-13(14)15/h1-5,11-12H,10H2. The summed E-state index contributed by atoms with van der Waals surface area (Å²) in [4.78, 5) is 9.49. The Bertz CT molecular complexity index is 377. The lowest BCUT2D eigenvalue weighted by Gasteiger charge is -2.06. The van der Waals surface area contributed by atoms with Gasteiger partial charge >= 0.3 is 0 Å². The summed E-state index contributed by atoms with van der Waals surface area (Å²) in [5.74, 6) is 4.66. The zero-order valence-electron chi connectivity index (χ0n) is 7.61. The normalized spacial score (nSPS) is 10.9. The highest BCUT2D eigenvalue weighted by atomic mass is 19.1. The monoisotopic (exact) mass is 212 g/mol. The molecule has 0 saturated heterocycles. The molecule has 1 rings (SSSR count). The van der Waals surface area contributed by atoms with Crippen LogP contribution in [-0.2, 0) is 0 Å². The molecule has 7 heteroatoms. The Morgan fingerprint density at radius 3 is 2.53 bits per heavy atom. The maximum Gasteiger partial charge on any atom is 0.275 e. The molecule has 0 amide bonds. The van der Waals surface area contributed by atoms with Crippen molar-refractivity contribution in [2.45, 2.75) is 0 Å². The predicted molar refractivity (Wildman–Crippen MR) is 52.4 cm³/mol. The van der Waals surface area contributed by atoms with Crippen LogP contribution in [0.4, 0.5) is 10.1 Å². The average Bonchev–Trinajstić information content (AvgIpc) is 2.19. The number of nitrogens with one attached hydrogen (secondary N) is 2. The molecule has 4 N–H and O–H groups in total. The molecule has 0 heterocycles. The van der Waals surface area contributed by atoms with E-state index in [-0.39, 0.29) is 11.6 Å². The third-order valence-corrected chi connectivity index (χ3v) is 1.51. The Morgan fingerprint density at radius 1 is 1.47 bits per heavy atom. The fourth-order valence-corrected chi connectivity index (χ4v) is 0.900. The van der Waals surface area contributed by atoms with Crippen molar-refractivity contribution < 1.29 is 9.31 Å². The minimum Gasteiger partial charge on any atom is -0.336 e. The Labute approximate surface area is 84.7 Å². The van der Waals surface area contributed by atoms with Gasteiger partial charge in [0.15, 0.2) is 5.82 Å². The number of rotatable bonds is 4. The van der Waals surface area contributed by atoms with Gasteiger partial charge in [-0.25, -0.2) is 10.2 Å². The molecule has 80 valence electrons. The third kappa shape index (κ3) is 3.61. The molecule has 0 aliphatic heterocycles. The zero-order chi connectivity index (χ0) is 11.3. The van der Waals surface area contributed by atoms with Gasteiger partial charge in [0.1, 0.15) is 5.82 Å². The van der Waals surface area contributed by atoms with Crippen LogP contribution in [0.2, 0.25) is 0 Å². The average molecular weight is 212 g/mol. The molecule has 6 nitrogen and oxygen atoms in total. The van der Waals surface area contributed by atoms with E-state index < -0.39 is 4.92 Å². The van der Waals surface area contributed by atoms with Gasteiger partial charge in [0.2, 0.25) is 0 Å². The van der Waals surface area contributed by atoms with Gasteiger partial charge in [-0.05, 0) is 24.3 Å². The summed E-state index contributed by atoms with van der Waals surface area (Å²) in [5.41, 5.74) is 2.60. The summed E-state index contributed by atoms with van der Waals surface area (Å²) in [5, 5.41) is 12.8. The van der Waals surface area contributed by atoms with E-state index in [1.165, 1.54) is 24.3 Å². The van der Waals surface area contributed by atoms with Crippen molar-refractivity contribution in [2.75, 3.05) is 5.32 Å². The topological polar surface area (TPSA) is 93.2 Å². The van der Waals surface area contributed by atoms with E-state index in [1.54, 1.807) is 0 Å². The van der Waals surface area contributed by atoms with Crippen LogP contribution >= 0.6 is 0 Å². The molecule has 1 aromatic carbocycles. The molecule has 0 aliphatic rings. The second-order valence-electron chi connectivity index (χ2n) is 2.60. The SMILES string of the molecule is NNC(=C[N+](=O)[O-])Nc1ccc(F)cc1. The van der Waals surface area contributed by atoms with Gasteiger partial charge < -0.3 is 10.7 Å². The van der Waals surface area contributed by atoms with Crippen molar-refractivity contribution in [1.82, 2.24) is 5.43 Å². The molecule has 0 aromatic heterocycles. The summed E-state index contributed by atoms with van der Waals surface area (Å²) >= 11 is 0. The summed E-state index contributed by atoms with van der Waals surface area (Å²) in [7, 11) is 0. The highest BCUT2D eigenvalue weighted by Crippen LogP contribution is 2.09. The number of anilines is 1. The molecule has 0 radical (unpaired) electrons. The molecule has 1 aromatic rings. The van der Waals surface area contributed by atoms with Crippen LogP contribution in [-0.4, -0.2) is 4.92 Å². The number of hydrogen-bond donors (Lipinski definition) is 3. The van der Waals surface area contributed by atoms with Gasteiger partial charge in [-0.2, -0.15) is 0 Å². The molecule has 0 bridgehead atoms. The van der Waals surface area contributed by atoms with Crippen molar-refractivity contribution in [2.24, 2.45) is 5.84 Å². The Balaban J connectivity index is 2.75. The van der Waals surface area contributed by atoms with Crippen molar-refractivity contribution in [1.29, 1.82) is 0 Å². The van der Waals surface area contributed by atoms with Crippen LogP contribution < -0.4 is 16.6 Å². The lowest BCUT2D eigenvalue weighted by molar-refractivity contribution is -0.403. The quantitative estimate of drug-likeness (QED) is 0.389. The minimum absolute atomic E-state index is 0.00612. The van der Waals surface area contributed by atoms with Crippen molar-refractivity contribution >= 4 is 5.69 Å². The molecule has 0 atom stereocenters. The molecule has 15 heavy (non-hydrogen) atoms. The third-order valence-electron chi connectivity index (χ3n) is 1.51. The van der Waals surface area contributed by atoms with E-state index in [9.17, 15) is 14.5 Å². The van der Waals surface area contributed by atoms with E-state index in [0.29, 0.717) is 11.9 Å². The van der Waals surface area contributed by atoms with E-state index in [4.69, 9.17) is 5.84 Å². The number of hydrazine groups is 1. The lowest BCUT2D eigenvalue weighted by Crippen LogP contribution is -2.27. The number of nitrogens with two attached hydrogens (primary N) is 1. The van der Waals surface area contributed by atoms with Gasteiger partial charge in [-0.1, -0.05) is 0 Å². The zero-order valence-corrected chi connectivity index (χ0v) is 7.61. The highest BCUT2D eigenvalue weighted by Gasteiger charge is 2.01. The van der Waals surface area contributed by atoms with Gasteiger partial charge in [0.25, 0.3) is 6.20 Å². The highest BCUT2D eigenvalue weighted by molar-refractivity contribution is 5.47. The van der Waals surface area contributed by atoms with Gasteiger partial charge in [0, 0.05) is 5.69 Å². The van der Waals surface area contributed by atoms with Gasteiger partial charge in [0.05, 0.1) is 4.92 Å². The lowest BCUT2D eigenvalue weighted by atomic mass is 10.3. The van der Waals surface area contributed by atoms with E-state index in [2.05, 4.69) is 10.7 Å². The predicted octanol–water partition coefficient (Wildman–Crippen LogP) is 0.776. The number of halogens is 1. The largest absolute Gasteiger partial charge is 0.336 e. The summed E-state index contributed by atoms with van der Waals surface area (Å²) in [6.07, 6.45) is 0.670. The number of nitro groups is 1. The molecular formula is C8H9FN4O2. The first-order valence-electron chi connectivity index (χ1n) is 3.96. The molecule has 0 saturated carbocycles. The van der Waals surface area contributed by atoms with Crippen LogP contribution in [0.25, 0.3) is 0 Å². The fraction of sp³-hybridized carbons (Fsp3) is 0. The van der Waals surface area contributed by atoms with E-state index >= 15 is 0 Å². The van der Waals surface area contributed by atoms with Crippen LogP contribution in [0.3, 0.4) is 0 Å². The molecule has 0 unspecified atom stereocenters. The Hall–Kier alpha value is -2.15. The fourth-order valence-electron chi connectivity index (χ4n) is 0.900. The van der Waals surface area contributed by atoms with Crippen molar-refractivity contribution in [3.63, 3.8) is 0 Å². The van der Waals surface area contributed by atoms with Crippen LogP contribution in [0.15, 0.2) is 36.3 Å². The maximum absolute atomic E-state index is 12.5. The first kappa shape index (κ1) is 10.9. The number of hydrogen-bond acceptors (Lipinski definition) is 5. The van der Waals surface area contributed by atoms with Crippen LogP contribution in [0.5, 0.6) is 0 Å². The molecular weight excluding hydrogens is 203 g/mol. The number of benzene rings is 1. The van der Waals surface area contributed by atoms with Crippen molar-refractivity contribution in [3.8, 4) is 0 Å². The Morgan fingerprint density at radius 2 is 2.07 bits per heavy atom. The van der Waals surface area contributed by atoms with E-state index in [0.717, 1.165) is 0 Å². The van der Waals surface area contributed by atoms with E-state index in [1.807, 2.05) is 0 Å². The first-order valence-corrected chi connectivity index (χ1v) is 3.96.